The van der Waals surface area contributed by atoms with E-state index < -0.39 is 0 Å². The van der Waals surface area contributed by atoms with Gasteiger partial charge in [0.05, 0.1) is 6.54 Å². The molecule has 0 saturated carbocycles. The molecule has 0 aliphatic carbocycles. The third kappa shape index (κ3) is 2.41. The van der Waals surface area contributed by atoms with Crippen LogP contribution in [0.25, 0.3) is 0 Å². The van der Waals surface area contributed by atoms with Gasteiger partial charge in [-0.1, -0.05) is 33.6 Å². The monoisotopic (exact) mass is 266 g/mol. The average molecular weight is 267 g/mol. The van der Waals surface area contributed by atoms with Gasteiger partial charge in [0.15, 0.2) is 5.82 Å². The van der Waals surface area contributed by atoms with E-state index in [0.29, 0.717) is 12.4 Å². The van der Waals surface area contributed by atoms with Crippen molar-refractivity contribution in [2.75, 3.05) is 0 Å². The Hall–Kier alpha value is -1.23. The van der Waals surface area contributed by atoms with E-state index in [-0.39, 0.29) is 0 Å². The number of aromatic nitrogens is 4. The van der Waals surface area contributed by atoms with Crippen LogP contribution in [-0.4, -0.2) is 20.2 Å². The van der Waals surface area contributed by atoms with Gasteiger partial charge in [0.25, 0.3) is 0 Å². The van der Waals surface area contributed by atoms with Crippen LogP contribution >= 0.6 is 15.9 Å². The Morgan fingerprint density at radius 2 is 2.13 bits per heavy atom. The highest BCUT2D eigenvalue weighted by Gasteiger charge is 2.03. The van der Waals surface area contributed by atoms with Gasteiger partial charge in [-0.15, -0.1) is 10.2 Å². The first kappa shape index (κ1) is 10.3. The average Bonchev–Trinajstić information content (AvgIpc) is 2.58. The van der Waals surface area contributed by atoms with Gasteiger partial charge in [-0.3, -0.25) is 0 Å². The first-order chi connectivity index (χ1) is 7.15. The molecule has 0 spiro atoms. The number of nitrogens with zero attached hydrogens (tertiary/aromatic N) is 4. The quantitative estimate of drug-likeness (QED) is 0.836. The molecule has 0 unspecified atom stereocenters. The van der Waals surface area contributed by atoms with Gasteiger partial charge in [0.2, 0.25) is 0 Å². The molecule has 1 heterocycles. The Labute approximate surface area is 96.4 Å². The van der Waals surface area contributed by atoms with E-state index in [9.17, 15) is 0 Å². The maximum absolute atomic E-state index is 4.15. The van der Waals surface area contributed by atoms with Crippen molar-refractivity contribution in [3.63, 3.8) is 0 Å². The summed E-state index contributed by atoms with van der Waals surface area (Å²) in [4.78, 5) is 1.59. The molecule has 0 aliphatic rings. The van der Waals surface area contributed by atoms with Crippen LogP contribution < -0.4 is 0 Å². The molecule has 5 heteroatoms. The highest BCUT2D eigenvalue weighted by Crippen LogP contribution is 2.18. The van der Waals surface area contributed by atoms with Crippen LogP contribution in [0.5, 0.6) is 0 Å². The topological polar surface area (TPSA) is 43.6 Å². The second-order valence-corrected chi connectivity index (χ2v) is 4.32. The van der Waals surface area contributed by atoms with Crippen molar-refractivity contribution < 1.29 is 0 Å². The summed E-state index contributed by atoms with van der Waals surface area (Å²) in [6.45, 7) is 4.54. The molecule has 2 aromatic rings. The Balaban J connectivity index is 2.27. The molecule has 0 aliphatic heterocycles. The molecule has 15 heavy (non-hydrogen) atoms. The maximum atomic E-state index is 4.15. The van der Waals surface area contributed by atoms with E-state index in [0.717, 1.165) is 10.0 Å². The van der Waals surface area contributed by atoms with Crippen molar-refractivity contribution in [1.29, 1.82) is 0 Å². The normalized spacial score (nSPS) is 10.6. The molecule has 0 amide bonds. The minimum absolute atomic E-state index is 0.642. The van der Waals surface area contributed by atoms with Crippen molar-refractivity contribution in [2.24, 2.45) is 0 Å². The fourth-order valence-electron chi connectivity index (χ4n) is 1.37. The SMILES string of the molecule is Cc1ccc(Br)c(Cn2nnc(C)n2)c1. The highest BCUT2D eigenvalue weighted by atomic mass is 79.9. The third-order valence-electron chi connectivity index (χ3n) is 2.07. The first-order valence-corrected chi connectivity index (χ1v) is 5.44. The van der Waals surface area contributed by atoms with Crippen molar-refractivity contribution in [3.8, 4) is 0 Å². The van der Waals surface area contributed by atoms with Crippen LogP contribution in [0.3, 0.4) is 0 Å². The Bertz CT molecular complexity index is 478. The zero-order valence-electron chi connectivity index (χ0n) is 8.61. The van der Waals surface area contributed by atoms with Crippen LogP contribution in [-0.2, 0) is 6.54 Å². The van der Waals surface area contributed by atoms with Gasteiger partial charge < -0.3 is 0 Å². The van der Waals surface area contributed by atoms with E-state index in [1.807, 2.05) is 13.0 Å². The van der Waals surface area contributed by atoms with Crippen LogP contribution in [0.2, 0.25) is 0 Å². The first-order valence-electron chi connectivity index (χ1n) is 4.64. The van der Waals surface area contributed by atoms with E-state index >= 15 is 0 Å². The van der Waals surface area contributed by atoms with Crippen molar-refractivity contribution in [3.05, 3.63) is 39.6 Å². The van der Waals surface area contributed by atoms with Crippen molar-refractivity contribution in [1.82, 2.24) is 20.2 Å². The molecule has 1 aromatic heterocycles. The Kier molecular flexibility index (Phi) is 2.81. The smallest absolute Gasteiger partial charge is 0.160 e. The van der Waals surface area contributed by atoms with E-state index in [4.69, 9.17) is 0 Å². The lowest BCUT2D eigenvalue weighted by Gasteiger charge is -2.04. The molecular formula is C10H11BrN4. The minimum atomic E-state index is 0.642. The van der Waals surface area contributed by atoms with Crippen LogP contribution in [0, 0.1) is 13.8 Å². The van der Waals surface area contributed by atoms with Crippen LogP contribution in [0.15, 0.2) is 22.7 Å². The summed E-state index contributed by atoms with van der Waals surface area (Å²) in [5.74, 6) is 0.693. The number of aryl methyl sites for hydroxylation is 2. The largest absolute Gasteiger partial charge is 0.171 e. The minimum Gasteiger partial charge on any atom is -0.160 e. The summed E-state index contributed by atoms with van der Waals surface area (Å²) in [6, 6.07) is 6.21. The molecular weight excluding hydrogens is 256 g/mol. The number of halogens is 1. The number of hydrogen-bond donors (Lipinski definition) is 0. The number of rotatable bonds is 2. The second-order valence-electron chi connectivity index (χ2n) is 3.46. The van der Waals surface area contributed by atoms with Gasteiger partial charge in [-0.2, -0.15) is 4.80 Å². The summed E-state index contributed by atoms with van der Waals surface area (Å²) in [7, 11) is 0. The predicted molar refractivity (Wildman–Crippen MR) is 60.5 cm³/mol. The lowest BCUT2D eigenvalue weighted by Crippen LogP contribution is -2.05. The molecule has 78 valence electrons. The maximum Gasteiger partial charge on any atom is 0.171 e. The van der Waals surface area contributed by atoms with E-state index in [1.165, 1.54) is 5.56 Å². The lowest BCUT2D eigenvalue weighted by molar-refractivity contribution is 0.570. The summed E-state index contributed by atoms with van der Waals surface area (Å²) in [5, 5.41) is 11.9. The van der Waals surface area contributed by atoms with Gasteiger partial charge >= 0.3 is 0 Å². The van der Waals surface area contributed by atoms with E-state index in [1.54, 1.807) is 4.80 Å². The highest BCUT2D eigenvalue weighted by molar-refractivity contribution is 9.10. The number of tetrazole rings is 1. The zero-order valence-corrected chi connectivity index (χ0v) is 10.2. The molecule has 0 atom stereocenters. The summed E-state index contributed by atoms with van der Waals surface area (Å²) in [6.07, 6.45) is 0. The third-order valence-corrected chi connectivity index (χ3v) is 2.84. The zero-order chi connectivity index (χ0) is 10.8. The van der Waals surface area contributed by atoms with Crippen molar-refractivity contribution in [2.45, 2.75) is 20.4 Å². The summed E-state index contributed by atoms with van der Waals surface area (Å²) < 4.78 is 1.07. The second kappa shape index (κ2) is 4.10. The standard InChI is InChI=1S/C10H11BrN4/c1-7-3-4-10(11)9(5-7)6-15-13-8(2)12-14-15/h3-5H,6H2,1-2H3. The molecule has 0 fully saturated rings. The molecule has 2 rings (SSSR count). The molecule has 0 radical (unpaired) electrons. The summed E-state index contributed by atoms with van der Waals surface area (Å²) in [5.41, 5.74) is 2.39. The predicted octanol–water partition coefficient (Wildman–Crippen LogP) is 2.10. The molecule has 4 nitrogen and oxygen atoms in total. The van der Waals surface area contributed by atoms with Crippen LogP contribution in [0.1, 0.15) is 17.0 Å². The van der Waals surface area contributed by atoms with Gasteiger partial charge in [0.1, 0.15) is 0 Å². The molecule has 0 bridgehead atoms. The Morgan fingerprint density at radius 1 is 1.33 bits per heavy atom. The van der Waals surface area contributed by atoms with Gasteiger partial charge in [0, 0.05) is 4.47 Å². The fraction of sp³-hybridized carbons (Fsp3) is 0.300. The van der Waals surface area contributed by atoms with Crippen LogP contribution in [0.4, 0.5) is 0 Å². The van der Waals surface area contributed by atoms with E-state index in [2.05, 4.69) is 50.4 Å². The molecule has 0 saturated heterocycles. The number of benzene rings is 1. The summed E-state index contributed by atoms with van der Waals surface area (Å²) >= 11 is 3.51. The van der Waals surface area contributed by atoms with Crippen molar-refractivity contribution >= 4 is 15.9 Å². The lowest BCUT2D eigenvalue weighted by atomic mass is 10.1. The molecule has 0 N–H and O–H groups in total. The molecule has 1 aromatic carbocycles. The number of hydrogen-bond acceptors (Lipinski definition) is 3. The Morgan fingerprint density at radius 3 is 2.80 bits per heavy atom. The fourth-order valence-corrected chi connectivity index (χ4v) is 1.74. The van der Waals surface area contributed by atoms with Gasteiger partial charge in [-0.25, -0.2) is 0 Å². The van der Waals surface area contributed by atoms with Gasteiger partial charge in [-0.05, 0) is 30.7 Å².